The highest BCUT2D eigenvalue weighted by molar-refractivity contribution is 6.35. The second-order valence-electron chi connectivity index (χ2n) is 4.30. The Morgan fingerprint density at radius 3 is 2.57 bits per heavy atom. The van der Waals surface area contributed by atoms with Gasteiger partial charge in [-0.05, 0) is 31.5 Å². The molecule has 0 bridgehead atoms. The fourth-order valence-electron chi connectivity index (χ4n) is 1.60. The maximum Gasteiger partial charge on any atom is 0.321 e. The number of nitrogens with one attached hydrogen (secondary N) is 3. The van der Waals surface area contributed by atoms with Crippen LogP contribution in [0, 0.1) is 5.82 Å². The molecule has 3 amide bonds. The fourth-order valence-corrected chi connectivity index (χ4v) is 2.15. The third-order valence-corrected chi connectivity index (χ3v) is 3.28. The summed E-state index contributed by atoms with van der Waals surface area (Å²) < 4.78 is 13.4. The molecule has 0 radical (unpaired) electrons. The lowest BCUT2D eigenvalue weighted by atomic mass is 10.1. The highest BCUT2D eigenvalue weighted by atomic mass is 35.5. The predicted octanol–water partition coefficient (Wildman–Crippen LogP) is 2.63. The lowest BCUT2D eigenvalue weighted by Gasteiger charge is -2.16. The van der Waals surface area contributed by atoms with E-state index < -0.39 is 17.8 Å². The summed E-state index contributed by atoms with van der Waals surface area (Å²) in [6, 6.07) is 1.57. The molecule has 5 nitrogen and oxygen atoms in total. The molecular formula is C13H16Cl2FN3O2. The average Bonchev–Trinajstić information content (AvgIpc) is 2.40. The monoisotopic (exact) mass is 335 g/mol. The van der Waals surface area contributed by atoms with E-state index >= 15 is 0 Å². The van der Waals surface area contributed by atoms with Crippen molar-refractivity contribution in [2.75, 3.05) is 13.1 Å². The standard InChI is InChI=1S/C13H16Cl2FN3O2/c1-3-17-13(21)19-12(20)6-18-7(2)8-4-11(16)10(15)5-9(8)14/h4-5,7,18H,3,6H2,1-2H3,(H2,17,19,20,21)/t7-/m0/s1. The van der Waals surface area contributed by atoms with Gasteiger partial charge in [0, 0.05) is 17.6 Å². The van der Waals surface area contributed by atoms with E-state index in [1.165, 1.54) is 12.1 Å². The summed E-state index contributed by atoms with van der Waals surface area (Å²) in [4.78, 5) is 22.7. The Bertz CT molecular complexity index is 540. The maximum atomic E-state index is 13.4. The molecule has 21 heavy (non-hydrogen) atoms. The van der Waals surface area contributed by atoms with E-state index in [0.717, 1.165) is 0 Å². The Morgan fingerprint density at radius 1 is 1.29 bits per heavy atom. The van der Waals surface area contributed by atoms with Crippen LogP contribution in [0.1, 0.15) is 25.5 Å². The maximum absolute atomic E-state index is 13.4. The van der Waals surface area contributed by atoms with E-state index in [2.05, 4.69) is 16.0 Å². The smallest absolute Gasteiger partial charge is 0.321 e. The minimum absolute atomic E-state index is 0.0649. The lowest BCUT2D eigenvalue weighted by molar-refractivity contribution is -0.119. The minimum Gasteiger partial charge on any atom is -0.338 e. The van der Waals surface area contributed by atoms with Gasteiger partial charge in [0.1, 0.15) is 5.82 Å². The normalized spacial score (nSPS) is 11.9. The molecule has 8 heteroatoms. The summed E-state index contributed by atoms with van der Waals surface area (Å²) in [6.07, 6.45) is 0. The van der Waals surface area contributed by atoms with Crippen LogP contribution < -0.4 is 16.0 Å². The van der Waals surface area contributed by atoms with Crippen molar-refractivity contribution in [3.8, 4) is 0 Å². The molecule has 0 unspecified atom stereocenters. The van der Waals surface area contributed by atoms with Crippen molar-refractivity contribution >= 4 is 35.1 Å². The van der Waals surface area contributed by atoms with E-state index in [-0.39, 0.29) is 17.6 Å². The molecule has 0 fully saturated rings. The van der Waals surface area contributed by atoms with E-state index in [0.29, 0.717) is 17.1 Å². The van der Waals surface area contributed by atoms with E-state index in [9.17, 15) is 14.0 Å². The molecule has 0 aliphatic rings. The third-order valence-electron chi connectivity index (χ3n) is 2.67. The Hall–Kier alpha value is -1.37. The molecule has 0 aromatic heterocycles. The zero-order chi connectivity index (χ0) is 16.0. The fraction of sp³-hybridized carbons (Fsp3) is 0.385. The van der Waals surface area contributed by atoms with Crippen LogP contribution in [0.25, 0.3) is 0 Å². The Kier molecular flexibility index (Phi) is 6.87. The van der Waals surface area contributed by atoms with Gasteiger partial charge in [-0.3, -0.25) is 10.1 Å². The van der Waals surface area contributed by atoms with Crippen molar-refractivity contribution in [3.63, 3.8) is 0 Å². The van der Waals surface area contributed by atoms with Gasteiger partial charge in [-0.1, -0.05) is 23.2 Å². The number of urea groups is 1. The molecule has 1 aromatic rings. The van der Waals surface area contributed by atoms with Gasteiger partial charge < -0.3 is 10.6 Å². The molecule has 0 saturated carbocycles. The number of amides is 3. The van der Waals surface area contributed by atoms with Gasteiger partial charge in [-0.2, -0.15) is 0 Å². The number of imide groups is 1. The predicted molar refractivity (Wildman–Crippen MR) is 80.1 cm³/mol. The summed E-state index contributed by atoms with van der Waals surface area (Å²) >= 11 is 11.6. The summed E-state index contributed by atoms with van der Waals surface area (Å²) in [5.74, 6) is -1.09. The largest absolute Gasteiger partial charge is 0.338 e. The molecule has 1 rings (SSSR count). The first-order chi connectivity index (χ1) is 9.85. The van der Waals surface area contributed by atoms with Crippen LogP contribution in [0.2, 0.25) is 10.0 Å². The molecular weight excluding hydrogens is 320 g/mol. The van der Waals surface area contributed by atoms with Gasteiger partial charge in [0.25, 0.3) is 0 Å². The van der Waals surface area contributed by atoms with Crippen molar-refractivity contribution in [2.45, 2.75) is 19.9 Å². The summed E-state index contributed by atoms with van der Waals surface area (Å²) in [5, 5.41) is 7.66. The molecule has 0 aliphatic heterocycles. The quantitative estimate of drug-likeness (QED) is 0.724. The van der Waals surface area contributed by atoms with Crippen LogP contribution in [0.3, 0.4) is 0 Å². The van der Waals surface area contributed by atoms with Crippen LogP contribution in [0.5, 0.6) is 0 Å². The average molecular weight is 336 g/mol. The van der Waals surface area contributed by atoms with Gasteiger partial charge in [-0.15, -0.1) is 0 Å². The number of carbonyl (C=O) groups excluding carboxylic acids is 2. The van der Waals surface area contributed by atoms with Crippen molar-refractivity contribution in [1.29, 1.82) is 0 Å². The second-order valence-corrected chi connectivity index (χ2v) is 5.11. The van der Waals surface area contributed by atoms with Crippen LogP contribution in [0.4, 0.5) is 9.18 Å². The Labute approximate surface area is 132 Å². The number of hydrogen-bond acceptors (Lipinski definition) is 3. The third kappa shape index (κ3) is 5.49. The Balaban J connectivity index is 2.58. The molecule has 116 valence electrons. The topological polar surface area (TPSA) is 70.2 Å². The summed E-state index contributed by atoms with van der Waals surface area (Å²) in [6.45, 7) is 3.76. The number of benzene rings is 1. The number of hydrogen-bond donors (Lipinski definition) is 3. The van der Waals surface area contributed by atoms with Crippen molar-refractivity contribution in [1.82, 2.24) is 16.0 Å². The van der Waals surface area contributed by atoms with Gasteiger partial charge in [0.05, 0.1) is 11.6 Å². The lowest BCUT2D eigenvalue weighted by Crippen LogP contribution is -2.43. The van der Waals surface area contributed by atoms with Crippen LogP contribution in [-0.2, 0) is 4.79 Å². The summed E-state index contributed by atoms with van der Waals surface area (Å²) in [7, 11) is 0. The Morgan fingerprint density at radius 2 is 1.95 bits per heavy atom. The van der Waals surface area contributed by atoms with Gasteiger partial charge in [-0.25, -0.2) is 9.18 Å². The van der Waals surface area contributed by atoms with E-state index in [1.54, 1.807) is 13.8 Å². The van der Waals surface area contributed by atoms with Crippen LogP contribution in [0.15, 0.2) is 12.1 Å². The van der Waals surface area contributed by atoms with Crippen LogP contribution in [-0.4, -0.2) is 25.0 Å². The van der Waals surface area contributed by atoms with Crippen molar-refractivity contribution in [3.05, 3.63) is 33.6 Å². The minimum atomic E-state index is -0.587. The van der Waals surface area contributed by atoms with Gasteiger partial charge >= 0.3 is 6.03 Å². The highest BCUT2D eigenvalue weighted by Gasteiger charge is 2.15. The van der Waals surface area contributed by atoms with Crippen molar-refractivity contribution in [2.24, 2.45) is 0 Å². The highest BCUT2D eigenvalue weighted by Crippen LogP contribution is 2.28. The zero-order valence-electron chi connectivity index (χ0n) is 11.6. The zero-order valence-corrected chi connectivity index (χ0v) is 13.1. The molecule has 1 atom stereocenters. The molecule has 0 spiro atoms. The number of halogens is 3. The second kappa shape index (κ2) is 8.17. The molecule has 3 N–H and O–H groups in total. The first kappa shape index (κ1) is 17.7. The van der Waals surface area contributed by atoms with Crippen LogP contribution >= 0.6 is 23.2 Å². The number of carbonyl (C=O) groups is 2. The molecule has 0 saturated heterocycles. The summed E-state index contributed by atoms with van der Waals surface area (Å²) in [5.41, 5.74) is 0.476. The van der Waals surface area contributed by atoms with Gasteiger partial charge in [0.15, 0.2) is 0 Å². The van der Waals surface area contributed by atoms with Crippen molar-refractivity contribution < 1.29 is 14.0 Å². The number of rotatable bonds is 5. The first-order valence-corrected chi connectivity index (χ1v) is 7.06. The van der Waals surface area contributed by atoms with E-state index in [1.807, 2.05) is 0 Å². The SMILES string of the molecule is CCNC(=O)NC(=O)CN[C@@H](C)c1cc(F)c(Cl)cc1Cl. The van der Waals surface area contributed by atoms with Gasteiger partial charge in [0.2, 0.25) is 5.91 Å². The van der Waals surface area contributed by atoms with E-state index in [4.69, 9.17) is 23.2 Å². The molecule has 1 aromatic carbocycles. The molecule has 0 heterocycles. The first-order valence-electron chi connectivity index (χ1n) is 6.30. The molecule has 0 aliphatic carbocycles.